The standard InChI is InChI=1S/C30H21FN4O.C30H24N4O.C27H24N4O2.C27H24N4O/c1-17-22-13-12-21-26(20-9-4-6-10-23(20)31)34-29(19-14-15-33-24-11-7-5-8-18(19)24)35-28(21)30(22,2)16-25(32-3)27(17)36;1-18-23-14-13-22-26(19-9-5-4-6-10-19)33-29(21-15-16-32-24-12-8-7-11-20(21)24)34-28(22)30(23,2)17-25(31-3)27(18)35;1-16-20-11-10-19-23(17-8-6-5-7-9-17)30-26(18-12-13-29-22(14-18)33-4)31-25(19)27(20,2)15-21(28-3)24(16)32;1-17-21-10-9-20-22(15-18-7-5-4-6-8-18)30-26(19-11-13-29-14-12-19)31-25(20)27(21,2)16-23(28-3)24(17)32/h4-11,14-16H,12-13H2,1-2H3;4-12,15-18,23H,13-14H2,1-2H3;5-9,12-16,20H,10-11H2,1-2,4H3;4-8,11-14,16-17,21H,9-10,15H2,1-2H3/t30-;18-,23-,30-;16-,20-,27-;17-,21-,27-/m1111/s1. The van der Waals surface area contributed by atoms with Gasteiger partial charge in [-0.25, -0.2) is 68.6 Å². The largest absolute Gasteiger partial charge is 0.481 e. The van der Waals surface area contributed by atoms with Gasteiger partial charge in [0.05, 0.1) is 90.0 Å². The predicted molar refractivity (Wildman–Crippen MR) is 520 cm³/mol. The molecule has 0 spiro atoms. The van der Waals surface area contributed by atoms with Crippen LogP contribution in [-0.4, -0.2) is 90.1 Å². The smallest absolute Gasteiger partial charge is 0.231 e. The van der Waals surface area contributed by atoms with Crippen LogP contribution in [-0.2, 0) is 72.9 Å². The fourth-order valence-corrected chi connectivity index (χ4v) is 22.3. The number of carbonyl (C=O) groups is 4. The van der Waals surface area contributed by atoms with Gasteiger partial charge in [-0.15, -0.1) is 0 Å². The molecule has 0 saturated carbocycles. The van der Waals surface area contributed by atoms with Crippen LogP contribution in [0.1, 0.15) is 137 Å². The van der Waals surface area contributed by atoms with Crippen LogP contribution in [0.3, 0.4) is 0 Å². The first-order valence-corrected chi connectivity index (χ1v) is 45.8. The van der Waals surface area contributed by atoms with Gasteiger partial charge in [0.1, 0.15) is 5.82 Å². The van der Waals surface area contributed by atoms with Crippen LogP contribution in [0, 0.1) is 67.6 Å². The Bertz CT molecular complexity index is 7650. The average molecular weight is 1790 g/mol. The molecule has 6 aromatic carbocycles. The van der Waals surface area contributed by atoms with Crippen LogP contribution in [0.25, 0.3) is 121 Å². The summed E-state index contributed by atoms with van der Waals surface area (Å²) in [6.45, 7) is 46.4. The Morgan fingerprint density at radius 2 is 0.816 bits per heavy atom. The summed E-state index contributed by atoms with van der Waals surface area (Å²) in [7, 11) is 1.58. The van der Waals surface area contributed by atoms with Crippen LogP contribution in [0.4, 0.5) is 4.39 Å². The number of aromatic nitrogens is 12. The van der Waals surface area contributed by atoms with Gasteiger partial charge in [-0.3, -0.25) is 15.0 Å². The van der Waals surface area contributed by atoms with Crippen molar-refractivity contribution in [2.45, 2.75) is 135 Å². The summed E-state index contributed by atoms with van der Waals surface area (Å²) in [4.78, 5) is 123. The molecule has 22 rings (SSSR count). The zero-order valence-electron chi connectivity index (χ0n) is 76.7. The number of ether oxygens (including phenoxy) is 1. The first kappa shape index (κ1) is 89.1. The normalized spacial score (nSPS) is 22.4. The molecule has 0 bridgehead atoms. The van der Waals surface area contributed by atoms with E-state index in [2.05, 4.69) is 96.5 Å². The lowest BCUT2D eigenvalue weighted by molar-refractivity contribution is -0.122. The predicted octanol–water partition coefficient (Wildman–Crippen LogP) is 22.6. The van der Waals surface area contributed by atoms with Crippen LogP contribution >= 0.6 is 0 Å². The second-order valence-electron chi connectivity index (χ2n) is 36.9. The van der Waals surface area contributed by atoms with Gasteiger partial charge < -0.3 is 23.9 Å². The average Bonchev–Trinajstić information content (AvgIpc) is 0.740. The molecule has 8 aromatic heterocycles. The molecule has 21 nitrogen and oxygen atoms in total. The van der Waals surface area contributed by atoms with Crippen LogP contribution in [0.15, 0.2) is 289 Å². The molecule has 666 valence electrons. The minimum Gasteiger partial charge on any atom is -0.481 e. The van der Waals surface area contributed by atoms with Crippen molar-refractivity contribution in [2.75, 3.05) is 7.11 Å². The van der Waals surface area contributed by atoms with Crippen molar-refractivity contribution in [2.24, 2.45) is 35.5 Å². The molecule has 8 heterocycles. The maximum absolute atomic E-state index is 15.1. The van der Waals surface area contributed by atoms with Crippen molar-refractivity contribution in [3.8, 4) is 85.2 Å². The summed E-state index contributed by atoms with van der Waals surface area (Å²) in [5.41, 5.74) is 19.9. The van der Waals surface area contributed by atoms with Crippen molar-refractivity contribution in [1.82, 2.24) is 59.8 Å². The summed E-state index contributed by atoms with van der Waals surface area (Å²) in [5.74, 6) is 1.75. The van der Waals surface area contributed by atoms with E-state index in [-0.39, 0.29) is 87.2 Å². The Morgan fingerprint density at radius 3 is 1.32 bits per heavy atom. The summed E-state index contributed by atoms with van der Waals surface area (Å²) in [5, 5.41) is 1.89. The third kappa shape index (κ3) is 15.6. The molecule has 136 heavy (non-hydrogen) atoms. The number of ketones is 4. The summed E-state index contributed by atoms with van der Waals surface area (Å²) in [6.07, 6.45) is 23.0. The molecular weight excluding hydrogens is 1690 g/mol. The number of allylic oxidation sites excluding steroid dienone is 9. The van der Waals surface area contributed by atoms with Crippen molar-refractivity contribution < 1.29 is 28.3 Å². The molecule has 8 aliphatic carbocycles. The van der Waals surface area contributed by atoms with E-state index in [1.54, 1.807) is 69.3 Å². The van der Waals surface area contributed by atoms with Gasteiger partial charge in [0.25, 0.3) is 0 Å². The van der Waals surface area contributed by atoms with Gasteiger partial charge in [0, 0.05) is 149 Å². The quantitative estimate of drug-likeness (QED) is 0.115. The Kier molecular flexibility index (Phi) is 23.6. The first-order chi connectivity index (χ1) is 65.9. The van der Waals surface area contributed by atoms with Gasteiger partial charge >= 0.3 is 0 Å². The SMILES string of the molecule is [C-]#[N+]C1=C[C@@]2(C)c3nc(-c4ccnc(OC)c4)nc(-c4ccccc4)c3CC[C@@H]2[C@@H](C)C1=O.[C-]#[N+]C1=C[C@@]2(C)c3nc(-c4ccnc5ccccc45)nc(-c4ccccc4)c3CC[C@@H]2[C@@H](C)C1=O.[C-]#[N+]C1=C[C@@]2(C)c3nc(-c4ccncc4)nc(Cc4ccccc4)c3CC[C@@H]2[C@@H](C)C1=O.[C-]#[N+]C1=C[C@]2(C)C(=C(C)C1=O)CCc1c(-c3ccccc3F)nc(-c3ccnc4ccccc34)nc12. The maximum Gasteiger partial charge on any atom is 0.231 e. The highest BCUT2D eigenvalue weighted by atomic mass is 19.1. The van der Waals surface area contributed by atoms with Crippen molar-refractivity contribution in [3.63, 3.8) is 0 Å². The van der Waals surface area contributed by atoms with E-state index in [1.807, 2.05) is 185 Å². The third-order valence-electron chi connectivity index (χ3n) is 29.2. The molecule has 0 unspecified atom stereocenters. The lowest BCUT2D eigenvalue weighted by Crippen LogP contribution is -2.46. The molecule has 0 radical (unpaired) electrons. The van der Waals surface area contributed by atoms with Gasteiger partial charge in [-0.1, -0.05) is 205 Å². The molecule has 22 heteroatoms. The van der Waals surface area contributed by atoms with E-state index in [0.717, 1.165) is 162 Å². The van der Waals surface area contributed by atoms with E-state index in [1.165, 1.54) is 11.6 Å². The highest BCUT2D eigenvalue weighted by Gasteiger charge is 2.54. The van der Waals surface area contributed by atoms with E-state index in [0.29, 0.717) is 64.5 Å². The van der Waals surface area contributed by atoms with Crippen molar-refractivity contribution >= 4 is 44.9 Å². The number of nitrogens with zero attached hydrogens (tertiary/aromatic N) is 16. The molecule has 0 aliphatic heterocycles. The Balaban J connectivity index is 0.000000116. The van der Waals surface area contributed by atoms with Crippen LogP contribution in [0.2, 0.25) is 0 Å². The second-order valence-corrected chi connectivity index (χ2v) is 36.9. The first-order valence-electron chi connectivity index (χ1n) is 45.8. The Hall–Kier alpha value is -16.2. The Labute approximate surface area is 788 Å². The van der Waals surface area contributed by atoms with Crippen LogP contribution < -0.4 is 4.74 Å². The molecule has 10 atom stereocenters. The zero-order valence-corrected chi connectivity index (χ0v) is 76.7. The van der Waals surface area contributed by atoms with Gasteiger partial charge in [0.15, 0.2) is 46.4 Å². The summed E-state index contributed by atoms with van der Waals surface area (Å²) >= 11 is 0. The fourth-order valence-electron chi connectivity index (χ4n) is 22.3. The van der Waals surface area contributed by atoms with Crippen molar-refractivity contribution in [3.05, 3.63) is 397 Å². The number of fused-ring (bicyclic) bond motifs is 14. The number of hydrogen-bond acceptors (Lipinski definition) is 17. The summed E-state index contributed by atoms with van der Waals surface area (Å²) < 4.78 is 20.4. The molecule has 0 fully saturated rings. The minimum atomic E-state index is -0.772. The number of rotatable bonds is 10. The number of pyridine rings is 4. The van der Waals surface area contributed by atoms with Gasteiger partial charge in [-0.05, 0) is 160 Å². The number of carbonyl (C=O) groups excluding carboxylic acids is 4. The number of Topliss-reactive ketones (excluding diaryl/α,β-unsaturated/α-hetero) is 4. The molecule has 0 saturated heterocycles. The monoisotopic (exact) mass is 1780 g/mol. The lowest BCUT2D eigenvalue weighted by Gasteiger charge is -2.46. The lowest BCUT2D eigenvalue weighted by atomic mass is 9.58. The van der Waals surface area contributed by atoms with Gasteiger partial charge in [-0.2, -0.15) is 0 Å². The number of halogens is 1. The van der Waals surface area contributed by atoms with Crippen molar-refractivity contribution in [1.29, 1.82) is 0 Å². The van der Waals surface area contributed by atoms with E-state index in [4.69, 9.17) is 70.9 Å². The minimum absolute atomic E-state index is 0.0427. The summed E-state index contributed by atoms with van der Waals surface area (Å²) in [6, 6.07) is 64.4. The molecule has 8 aliphatic rings. The van der Waals surface area contributed by atoms with E-state index in [9.17, 15) is 19.2 Å². The van der Waals surface area contributed by atoms with Gasteiger partial charge in [0.2, 0.25) is 28.7 Å². The topological polar surface area (TPSA) is 250 Å². The molecular formula is C114H93FN16O5. The highest BCUT2D eigenvalue weighted by molar-refractivity contribution is 6.11. The second kappa shape index (κ2) is 36.1. The third-order valence-corrected chi connectivity index (χ3v) is 29.2. The fraction of sp³-hybridized carbons (Fsp3) is 0.246. The van der Waals surface area contributed by atoms with E-state index < -0.39 is 21.7 Å². The Morgan fingerprint density at radius 1 is 0.397 bits per heavy atom. The molecule has 0 N–H and O–H groups in total. The van der Waals surface area contributed by atoms with E-state index >= 15 is 4.39 Å². The molecule has 14 aromatic rings. The maximum atomic E-state index is 15.1. The zero-order chi connectivity index (χ0) is 94.6. The number of benzene rings is 6. The molecule has 0 amide bonds. The number of para-hydroxylation sites is 2. The highest BCUT2D eigenvalue weighted by Crippen LogP contribution is 2.56. The van der Waals surface area contributed by atoms with Crippen LogP contribution in [0.5, 0.6) is 5.88 Å². The number of methoxy groups -OCH3 is 1. The number of hydrogen-bond donors (Lipinski definition) is 0.